The van der Waals surface area contributed by atoms with Gasteiger partial charge in [-0.05, 0) is 36.2 Å². The predicted octanol–water partition coefficient (Wildman–Crippen LogP) is 3.62. The van der Waals surface area contributed by atoms with Crippen molar-refractivity contribution >= 4 is 21.7 Å². The van der Waals surface area contributed by atoms with E-state index in [4.69, 9.17) is 4.74 Å². The normalized spacial score (nSPS) is 24.4. The van der Waals surface area contributed by atoms with Gasteiger partial charge >= 0.3 is 5.97 Å². The molecule has 1 aliphatic heterocycles. The van der Waals surface area contributed by atoms with Gasteiger partial charge in [-0.1, -0.05) is 30.3 Å². The summed E-state index contributed by atoms with van der Waals surface area (Å²) >= 11 is 0. The molecule has 1 N–H and O–H groups in total. The zero-order valence-corrected chi connectivity index (χ0v) is 18.8. The van der Waals surface area contributed by atoms with Crippen LogP contribution in [0, 0.1) is 0 Å². The van der Waals surface area contributed by atoms with Crippen LogP contribution in [0.3, 0.4) is 0 Å². The van der Waals surface area contributed by atoms with E-state index in [9.17, 15) is 13.2 Å². The van der Waals surface area contributed by atoms with Crippen molar-refractivity contribution in [1.82, 2.24) is 9.21 Å². The highest BCUT2D eigenvalue weighted by Gasteiger charge is 2.47. The number of quaternary nitrogens is 1. The number of methoxy groups -OCH3 is 1. The van der Waals surface area contributed by atoms with Crippen molar-refractivity contribution in [2.45, 2.75) is 49.9 Å². The first kappa shape index (κ1) is 22.0. The predicted molar refractivity (Wildman–Crippen MR) is 122 cm³/mol. The van der Waals surface area contributed by atoms with Crippen LogP contribution >= 0.6 is 0 Å². The molecule has 6 nitrogen and oxygen atoms in total. The van der Waals surface area contributed by atoms with E-state index in [0.717, 1.165) is 23.1 Å². The van der Waals surface area contributed by atoms with Crippen molar-refractivity contribution in [2.24, 2.45) is 0 Å². The number of hydrogen-bond donors (Lipinski definition) is 1. The number of ether oxygens (including phenoxy) is 1. The molecule has 31 heavy (non-hydrogen) atoms. The lowest BCUT2D eigenvalue weighted by Crippen LogP contribution is -2.64. The summed E-state index contributed by atoms with van der Waals surface area (Å²) in [6.07, 6.45) is 5.07. The van der Waals surface area contributed by atoms with Gasteiger partial charge in [0.1, 0.15) is 5.69 Å². The molecule has 0 radical (unpaired) electrons. The molecule has 166 valence electrons. The van der Waals surface area contributed by atoms with E-state index < -0.39 is 16.0 Å². The van der Waals surface area contributed by atoms with Crippen LogP contribution in [0.15, 0.2) is 54.6 Å². The number of nitrogens with zero attached hydrogens (tertiary/aromatic N) is 1. The van der Waals surface area contributed by atoms with Crippen molar-refractivity contribution in [1.29, 1.82) is 0 Å². The first-order chi connectivity index (χ1) is 14.9. The monoisotopic (exact) mass is 443 g/mol. The molecule has 0 amide bonds. The van der Waals surface area contributed by atoms with Gasteiger partial charge in [0, 0.05) is 32.2 Å². The number of carbonyl (C=O) groups is 1. The number of sulfonamides is 1. The van der Waals surface area contributed by atoms with Crippen LogP contribution in [0.4, 0.5) is 5.69 Å². The molecule has 0 atom stereocenters. The fourth-order valence-corrected chi connectivity index (χ4v) is 6.37. The van der Waals surface area contributed by atoms with E-state index in [2.05, 4.69) is 29.0 Å². The van der Waals surface area contributed by atoms with Crippen LogP contribution in [-0.2, 0) is 21.3 Å². The number of carbonyl (C=O) groups excluding carboxylic acids is 1. The van der Waals surface area contributed by atoms with E-state index in [1.807, 2.05) is 6.07 Å². The molecule has 0 bridgehead atoms. The molecule has 1 heterocycles. The van der Waals surface area contributed by atoms with Crippen LogP contribution < -0.4 is 9.21 Å². The summed E-state index contributed by atoms with van der Waals surface area (Å²) in [7, 11) is -2.07. The van der Waals surface area contributed by atoms with Gasteiger partial charge in [0.25, 0.3) is 0 Å². The highest BCUT2D eigenvalue weighted by Crippen LogP contribution is 2.40. The maximum absolute atomic E-state index is 13.0. The third kappa shape index (κ3) is 4.54. The van der Waals surface area contributed by atoms with E-state index >= 15 is 0 Å². The summed E-state index contributed by atoms with van der Waals surface area (Å²) in [5, 5.41) is -0.364. The second kappa shape index (κ2) is 9.10. The minimum Gasteiger partial charge on any atom is -0.465 e. The molecule has 2 aromatic rings. The van der Waals surface area contributed by atoms with Crippen LogP contribution in [-0.4, -0.2) is 45.9 Å². The Labute approximate surface area is 184 Å². The molecule has 1 saturated carbocycles. The molecule has 0 spiro atoms. The minimum absolute atomic E-state index is 0.224. The first-order valence-corrected chi connectivity index (χ1v) is 12.6. The highest BCUT2D eigenvalue weighted by atomic mass is 32.2. The van der Waals surface area contributed by atoms with Gasteiger partial charge in [0.2, 0.25) is 10.0 Å². The lowest BCUT2D eigenvalue weighted by molar-refractivity contribution is 0.0600. The lowest BCUT2D eigenvalue weighted by atomic mass is 9.86. The molecule has 0 aromatic heterocycles. The van der Waals surface area contributed by atoms with E-state index in [-0.39, 0.29) is 11.8 Å². The SMILES string of the molecule is COC(=O)c1ccc(CNS(=O)(=O)C2CC[N+](c3ccccc3)(C3CCC3)CC2)cc1. The number of nitrogens with one attached hydrogen (secondary N) is 1. The Hall–Kier alpha value is -2.22. The highest BCUT2D eigenvalue weighted by molar-refractivity contribution is 7.90. The average molecular weight is 444 g/mol. The number of rotatable bonds is 7. The Morgan fingerprint density at radius 3 is 2.19 bits per heavy atom. The van der Waals surface area contributed by atoms with E-state index in [0.29, 0.717) is 24.4 Å². The maximum atomic E-state index is 13.0. The quantitative estimate of drug-likeness (QED) is 0.524. The Morgan fingerprint density at radius 2 is 1.65 bits per heavy atom. The summed E-state index contributed by atoms with van der Waals surface area (Å²) in [6, 6.07) is 18.0. The van der Waals surface area contributed by atoms with Gasteiger partial charge < -0.3 is 4.74 Å². The third-order valence-electron chi connectivity index (χ3n) is 7.04. The summed E-state index contributed by atoms with van der Waals surface area (Å²) in [6.45, 7) is 1.96. The second-order valence-corrected chi connectivity index (χ2v) is 10.7. The Morgan fingerprint density at radius 1 is 1.00 bits per heavy atom. The van der Waals surface area contributed by atoms with Crippen molar-refractivity contribution in [3.63, 3.8) is 0 Å². The molecule has 4 rings (SSSR count). The van der Waals surface area contributed by atoms with Gasteiger partial charge in [-0.25, -0.2) is 17.9 Å². The minimum atomic E-state index is -3.41. The molecule has 2 fully saturated rings. The fraction of sp³-hybridized carbons (Fsp3) is 0.458. The largest absolute Gasteiger partial charge is 0.465 e. The maximum Gasteiger partial charge on any atom is 0.337 e. The first-order valence-electron chi connectivity index (χ1n) is 11.0. The molecule has 1 aliphatic carbocycles. The smallest absolute Gasteiger partial charge is 0.337 e. The molecule has 7 heteroatoms. The van der Waals surface area contributed by atoms with Crippen molar-refractivity contribution in [3.05, 3.63) is 65.7 Å². The zero-order valence-electron chi connectivity index (χ0n) is 18.0. The second-order valence-electron chi connectivity index (χ2n) is 8.66. The van der Waals surface area contributed by atoms with Gasteiger partial charge in [0.05, 0.1) is 37.1 Å². The molecule has 2 aromatic carbocycles. The standard InChI is InChI=1S/C24H31N2O4S/c1-30-24(27)20-12-10-19(11-13-20)18-25-31(28,29)23-14-16-26(17-15-23,22-8-5-9-22)21-6-3-2-4-7-21/h2-4,6-7,10-13,22-23,25H,5,8-9,14-18H2,1H3/q+1. The fourth-order valence-electron chi connectivity index (χ4n) is 4.93. The van der Waals surface area contributed by atoms with Gasteiger partial charge in [-0.15, -0.1) is 0 Å². The number of esters is 1. The van der Waals surface area contributed by atoms with Crippen molar-refractivity contribution < 1.29 is 17.9 Å². The number of likely N-dealkylation sites (tertiary alicyclic amines) is 1. The summed E-state index contributed by atoms with van der Waals surface area (Å²) in [5.41, 5.74) is 2.59. The number of piperidine rings is 1. The van der Waals surface area contributed by atoms with Crippen molar-refractivity contribution in [2.75, 3.05) is 20.2 Å². The topological polar surface area (TPSA) is 72.5 Å². The average Bonchev–Trinajstić information content (AvgIpc) is 2.77. The van der Waals surface area contributed by atoms with Crippen LogP contribution in [0.5, 0.6) is 0 Å². The summed E-state index contributed by atoms with van der Waals surface area (Å²) < 4.78 is 34.4. The summed E-state index contributed by atoms with van der Waals surface area (Å²) in [5.74, 6) is -0.402. The van der Waals surface area contributed by atoms with Crippen LogP contribution in [0.1, 0.15) is 48.0 Å². The van der Waals surface area contributed by atoms with Crippen LogP contribution in [0.25, 0.3) is 0 Å². The van der Waals surface area contributed by atoms with Crippen molar-refractivity contribution in [3.8, 4) is 0 Å². The molecule has 2 aliphatic rings. The third-order valence-corrected chi connectivity index (χ3v) is 8.93. The Kier molecular flexibility index (Phi) is 6.46. The number of benzene rings is 2. The van der Waals surface area contributed by atoms with E-state index in [1.165, 1.54) is 32.1 Å². The van der Waals surface area contributed by atoms with Gasteiger partial charge in [0.15, 0.2) is 0 Å². The Balaban J connectivity index is 1.39. The lowest BCUT2D eigenvalue weighted by Gasteiger charge is -2.51. The Bertz CT molecular complexity index is 994. The van der Waals surface area contributed by atoms with Gasteiger partial charge in [-0.3, -0.25) is 4.48 Å². The summed E-state index contributed by atoms with van der Waals surface area (Å²) in [4.78, 5) is 11.5. The molecule has 0 unspecified atom stereocenters. The molecule has 1 saturated heterocycles. The zero-order chi connectivity index (χ0) is 21.9. The van der Waals surface area contributed by atoms with E-state index in [1.54, 1.807) is 24.3 Å². The number of hydrogen-bond acceptors (Lipinski definition) is 4. The molecular weight excluding hydrogens is 412 g/mol. The van der Waals surface area contributed by atoms with Gasteiger partial charge in [-0.2, -0.15) is 0 Å². The van der Waals surface area contributed by atoms with Crippen LogP contribution in [0.2, 0.25) is 0 Å². The number of para-hydroxylation sites is 1. The molecular formula is C24H31N2O4S+.